The van der Waals surface area contributed by atoms with Crippen molar-refractivity contribution >= 4 is 11.6 Å². The Hall–Kier alpha value is -1.46. The van der Waals surface area contributed by atoms with E-state index in [1.807, 2.05) is 18.2 Å². The number of nitrogens with one attached hydrogen (secondary N) is 1. The summed E-state index contributed by atoms with van der Waals surface area (Å²) >= 11 is 6.04. The normalized spacial score (nSPS) is 12.6. The number of nitrogens with zero attached hydrogens (tertiary/aromatic N) is 4. The molecule has 2 rings (SSSR count). The maximum absolute atomic E-state index is 6.04. The lowest BCUT2D eigenvalue weighted by Gasteiger charge is -2.15. The molecule has 0 fully saturated rings. The number of halogens is 1. The van der Waals surface area contributed by atoms with Crippen LogP contribution in [0.5, 0.6) is 0 Å². The molecule has 1 aromatic carbocycles. The molecule has 0 radical (unpaired) electrons. The first-order chi connectivity index (χ1) is 9.67. The topological polar surface area (TPSA) is 55.6 Å². The van der Waals surface area contributed by atoms with Crippen molar-refractivity contribution in [2.45, 2.75) is 19.8 Å². The molecule has 0 amide bonds. The smallest absolute Gasteiger partial charge is 0.175 e. The average Bonchev–Trinajstić information content (AvgIpc) is 2.81. The number of tetrazole rings is 1. The SMILES string of the molecule is CCNCC(Cc1cccc(Cl)c1)Cc1nnn(C)n1. The van der Waals surface area contributed by atoms with E-state index in [1.165, 1.54) is 10.4 Å². The van der Waals surface area contributed by atoms with Crippen molar-refractivity contribution in [1.29, 1.82) is 0 Å². The van der Waals surface area contributed by atoms with E-state index in [2.05, 4.69) is 33.7 Å². The molecule has 5 nitrogen and oxygen atoms in total. The minimum absolute atomic E-state index is 0.428. The molecular weight excluding hydrogens is 274 g/mol. The zero-order valence-electron chi connectivity index (χ0n) is 11.9. The molecule has 0 saturated heterocycles. The van der Waals surface area contributed by atoms with Gasteiger partial charge in [-0.15, -0.1) is 10.2 Å². The second kappa shape index (κ2) is 7.36. The summed E-state index contributed by atoms with van der Waals surface area (Å²) in [5.41, 5.74) is 1.24. The fraction of sp³-hybridized carbons (Fsp3) is 0.500. The molecule has 1 atom stereocenters. The van der Waals surface area contributed by atoms with Gasteiger partial charge in [-0.3, -0.25) is 0 Å². The van der Waals surface area contributed by atoms with Gasteiger partial charge in [-0.2, -0.15) is 4.80 Å². The largest absolute Gasteiger partial charge is 0.317 e. The molecule has 0 saturated carbocycles. The standard InChI is InChI=1S/C14H20ClN5/c1-3-16-10-12(9-14-17-19-20(2)18-14)7-11-5-4-6-13(15)8-11/h4-6,8,12,16H,3,7,9-10H2,1-2H3. The Balaban J connectivity index is 2.02. The summed E-state index contributed by atoms with van der Waals surface area (Å²) in [6.45, 7) is 4.00. The van der Waals surface area contributed by atoms with Gasteiger partial charge >= 0.3 is 0 Å². The summed E-state index contributed by atoms with van der Waals surface area (Å²) in [4.78, 5) is 1.50. The van der Waals surface area contributed by atoms with Gasteiger partial charge in [0.15, 0.2) is 5.82 Å². The van der Waals surface area contributed by atoms with E-state index in [-0.39, 0.29) is 0 Å². The summed E-state index contributed by atoms with van der Waals surface area (Å²) in [5.74, 6) is 1.22. The van der Waals surface area contributed by atoms with Crippen molar-refractivity contribution in [3.05, 3.63) is 40.7 Å². The molecule has 0 bridgehead atoms. The van der Waals surface area contributed by atoms with Crippen molar-refractivity contribution in [2.75, 3.05) is 13.1 Å². The highest BCUT2D eigenvalue weighted by Gasteiger charge is 2.14. The lowest BCUT2D eigenvalue weighted by molar-refractivity contribution is 0.467. The van der Waals surface area contributed by atoms with E-state index in [0.29, 0.717) is 5.92 Å². The van der Waals surface area contributed by atoms with Crippen LogP contribution in [-0.4, -0.2) is 33.3 Å². The third-order valence-corrected chi connectivity index (χ3v) is 3.35. The fourth-order valence-electron chi connectivity index (χ4n) is 2.23. The third kappa shape index (κ3) is 4.58. The fourth-order valence-corrected chi connectivity index (χ4v) is 2.44. The van der Waals surface area contributed by atoms with Crippen LogP contribution in [0.4, 0.5) is 0 Å². The molecule has 0 spiro atoms. The minimum Gasteiger partial charge on any atom is -0.317 e. The summed E-state index contributed by atoms with van der Waals surface area (Å²) in [6.07, 6.45) is 1.76. The molecule has 1 unspecified atom stereocenters. The lowest BCUT2D eigenvalue weighted by atomic mass is 9.96. The van der Waals surface area contributed by atoms with Crippen LogP contribution in [0.3, 0.4) is 0 Å². The zero-order chi connectivity index (χ0) is 14.4. The average molecular weight is 294 g/mol. The van der Waals surface area contributed by atoms with Crippen LogP contribution in [-0.2, 0) is 19.9 Å². The van der Waals surface area contributed by atoms with E-state index < -0.39 is 0 Å². The number of hydrogen-bond donors (Lipinski definition) is 1. The number of benzene rings is 1. The van der Waals surface area contributed by atoms with Crippen molar-refractivity contribution in [3.8, 4) is 0 Å². The molecule has 1 heterocycles. The Morgan fingerprint density at radius 3 is 2.85 bits per heavy atom. The summed E-state index contributed by atoms with van der Waals surface area (Å²) in [6, 6.07) is 8.01. The highest BCUT2D eigenvalue weighted by Crippen LogP contribution is 2.16. The number of aromatic nitrogens is 4. The predicted molar refractivity (Wildman–Crippen MR) is 79.7 cm³/mol. The van der Waals surface area contributed by atoms with Gasteiger partial charge in [-0.1, -0.05) is 30.7 Å². The van der Waals surface area contributed by atoms with Gasteiger partial charge in [0.05, 0.1) is 7.05 Å². The van der Waals surface area contributed by atoms with E-state index in [4.69, 9.17) is 11.6 Å². The van der Waals surface area contributed by atoms with E-state index in [9.17, 15) is 0 Å². The van der Waals surface area contributed by atoms with E-state index in [0.717, 1.165) is 36.8 Å². The predicted octanol–water partition coefficient (Wildman–Crippen LogP) is 1.87. The molecule has 6 heteroatoms. The maximum Gasteiger partial charge on any atom is 0.175 e. The summed E-state index contributed by atoms with van der Waals surface area (Å²) < 4.78 is 0. The van der Waals surface area contributed by atoms with Crippen molar-refractivity contribution < 1.29 is 0 Å². The number of hydrogen-bond acceptors (Lipinski definition) is 4. The first kappa shape index (κ1) is 14.9. The van der Waals surface area contributed by atoms with Crippen LogP contribution >= 0.6 is 11.6 Å². The van der Waals surface area contributed by atoms with Crippen LogP contribution < -0.4 is 5.32 Å². The number of rotatable bonds is 7. The maximum atomic E-state index is 6.04. The van der Waals surface area contributed by atoms with E-state index >= 15 is 0 Å². The molecule has 0 aliphatic rings. The Labute approximate surface area is 124 Å². The molecule has 1 aromatic heterocycles. The Morgan fingerprint density at radius 1 is 1.35 bits per heavy atom. The summed E-state index contributed by atoms with van der Waals surface area (Å²) in [5, 5.41) is 16.4. The molecule has 0 aliphatic heterocycles. The Bertz CT molecular complexity index is 540. The van der Waals surface area contributed by atoms with Crippen LogP contribution in [0.25, 0.3) is 0 Å². The highest BCUT2D eigenvalue weighted by atomic mass is 35.5. The van der Waals surface area contributed by atoms with Gasteiger partial charge in [0, 0.05) is 11.4 Å². The number of aryl methyl sites for hydroxylation is 1. The molecule has 2 aromatic rings. The second-order valence-electron chi connectivity index (χ2n) is 4.91. The van der Waals surface area contributed by atoms with Crippen molar-refractivity contribution in [2.24, 2.45) is 13.0 Å². The summed E-state index contributed by atoms with van der Waals surface area (Å²) in [7, 11) is 1.78. The monoisotopic (exact) mass is 293 g/mol. The molecule has 0 aliphatic carbocycles. The molecular formula is C14H20ClN5. The minimum atomic E-state index is 0.428. The van der Waals surface area contributed by atoms with Gasteiger partial charge in [0.2, 0.25) is 0 Å². The lowest BCUT2D eigenvalue weighted by Crippen LogP contribution is -2.26. The first-order valence-corrected chi connectivity index (χ1v) is 7.23. The van der Waals surface area contributed by atoms with Crippen LogP contribution in [0.2, 0.25) is 5.02 Å². The van der Waals surface area contributed by atoms with Gasteiger partial charge in [0.1, 0.15) is 0 Å². The van der Waals surface area contributed by atoms with Crippen molar-refractivity contribution in [1.82, 2.24) is 25.5 Å². The molecule has 1 N–H and O–H groups in total. The Kier molecular flexibility index (Phi) is 5.49. The first-order valence-electron chi connectivity index (χ1n) is 6.85. The van der Waals surface area contributed by atoms with Gasteiger partial charge in [0.25, 0.3) is 0 Å². The van der Waals surface area contributed by atoms with Crippen LogP contribution in [0.1, 0.15) is 18.3 Å². The van der Waals surface area contributed by atoms with Crippen LogP contribution in [0, 0.1) is 5.92 Å². The molecule has 108 valence electrons. The third-order valence-electron chi connectivity index (χ3n) is 3.12. The quantitative estimate of drug-likeness (QED) is 0.847. The Morgan fingerprint density at radius 2 is 2.20 bits per heavy atom. The van der Waals surface area contributed by atoms with Gasteiger partial charge < -0.3 is 5.32 Å². The highest BCUT2D eigenvalue weighted by molar-refractivity contribution is 6.30. The van der Waals surface area contributed by atoms with E-state index in [1.54, 1.807) is 7.05 Å². The van der Waals surface area contributed by atoms with Crippen molar-refractivity contribution in [3.63, 3.8) is 0 Å². The van der Waals surface area contributed by atoms with Gasteiger partial charge in [-0.25, -0.2) is 0 Å². The second-order valence-corrected chi connectivity index (χ2v) is 5.34. The molecule has 20 heavy (non-hydrogen) atoms. The zero-order valence-corrected chi connectivity index (χ0v) is 12.6. The van der Waals surface area contributed by atoms with Gasteiger partial charge in [-0.05, 0) is 48.3 Å². The van der Waals surface area contributed by atoms with Crippen LogP contribution in [0.15, 0.2) is 24.3 Å².